The molecule has 3 atom stereocenters. The lowest BCUT2D eigenvalue weighted by Gasteiger charge is -2.40. The molecule has 3 rings (SSSR count). The van der Waals surface area contributed by atoms with Gasteiger partial charge in [0.05, 0.1) is 23.3 Å². The SMILES string of the molecule is O=C(C[NH+]1CCC[C@@H]2CCCC[C@@H]21)Nc1cc(Cl)ccc1Cl. The number of hydrogen-bond acceptors (Lipinski definition) is 1. The van der Waals surface area contributed by atoms with Crippen molar-refractivity contribution >= 4 is 34.8 Å². The van der Waals surface area contributed by atoms with E-state index in [2.05, 4.69) is 5.32 Å². The van der Waals surface area contributed by atoms with Gasteiger partial charge >= 0.3 is 0 Å². The number of likely N-dealkylation sites (tertiary alicyclic amines) is 1. The van der Waals surface area contributed by atoms with Crippen LogP contribution in [-0.2, 0) is 4.79 Å². The fourth-order valence-electron chi connectivity index (χ4n) is 4.08. The topological polar surface area (TPSA) is 33.5 Å². The van der Waals surface area contributed by atoms with Crippen LogP contribution >= 0.6 is 23.2 Å². The van der Waals surface area contributed by atoms with E-state index in [0.29, 0.717) is 28.3 Å². The molecule has 120 valence electrons. The molecule has 2 N–H and O–H groups in total. The van der Waals surface area contributed by atoms with E-state index in [0.717, 1.165) is 12.5 Å². The molecule has 1 saturated heterocycles. The van der Waals surface area contributed by atoms with E-state index in [4.69, 9.17) is 23.2 Å². The first-order chi connectivity index (χ1) is 10.6. The standard InChI is InChI=1S/C17H22Cl2N2O/c18-13-7-8-14(19)15(10-13)20-17(22)11-21-9-3-5-12-4-1-2-6-16(12)21/h7-8,10,12,16H,1-6,9,11H2,(H,20,22)/p+1/t12-,16-/m0/s1. The van der Waals surface area contributed by atoms with Gasteiger partial charge in [-0.3, -0.25) is 4.79 Å². The van der Waals surface area contributed by atoms with Gasteiger partial charge in [0.25, 0.3) is 5.91 Å². The molecule has 2 fully saturated rings. The van der Waals surface area contributed by atoms with Gasteiger partial charge in [-0.15, -0.1) is 0 Å². The number of carbonyl (C=O) groups is 1. The molecular formula is C17H23Cl2N2O+. The Morgan fingerprint density at radius 3 is 2.82 bits per heavy atom. The molecule has 0 spiro atoms. The highest BCUT2D eigenvalue weighted by Gasteiger charge is 2.37. The molecule has 2 aliphatic rings. The van der Waals surface area contributed by atoms with Crippen LogP contribution < -0.4 is 10.2 Å². The van der Waals surface area contributed by atoms with E-state index in [1.807, 2.05) is 0 Å². The Morgan fingerprint density at radius 2 is 1.95 bits per heavy atom. The number of anilines is 1. The summed E-state index contributed by atoms with van der Waals surface area (Å²) in [5.41, 5.74) is 0.607. The van der Waals surface area contributed by atoms with E-state index in [-0.39, 0.29) is 5.91 Å². The number of amides is 1. The maximum absolute atomic E-state index is 12.4. The van der Waals surface area contributed by atoms with Crippen LogP contribution in [0.1, 0.15) is 38.5 Å². The van der Waals surface area contributed by atoms with Crippen LogP contribution in [0.4, 0.5) is 5.69 Å². The van der Waals surface area contributed by atoms with Crippen molar-refractivity contribution in [2.45, 2.75) is 44.6 Å². The van der Waals surface area contributed by atoms with Crippen molar-refractivity contribution in [1.29, 1.82) is 0 Å². The Kier molecular flexibility index (Phi) is 5.27. The second kappa shape index (κ2) is 7.20. The van der Waals surface area contributed by atoms with E-state index >= 15 is 0 Å². The Morgan fingerprint density at radius 1 is 1.18 bits per heavy atom. The number of carbonyl (C=O) groups excluding carboxylic acids is 1. The van der Waals surface area contributed by atoms with E-state index < -0.39 is 0 Å². The Labute approximate surface area is 142 Å². The zero-order valence-corrected chi connectivity index (χ0v) is 14.2. The summed E-state index contributed by atoms with van der Waals surface area (Å²) >= 11 is 12.1. The molecule has 1 aromatic rings. The molecule has 1 heterocycles. The highest BCUT2D eigenvalue weighted by Crippen LogP contribution is 2.28. The Bertz CT molecular complexity index is 547. The average molecular weight is 342 g/mol. The normalized spacial score (nSPS) is 28.0. The highest BCUT2D eigenvalue weighted by atomic mass is 35.5. The quantitative estimate of drug-likeness (QED) is 0.869. The molecule has 1 saturated carbocycles. The lowest BCUT2D eigenvalue weighted by atomic mass is 9.78. The average Bonchev–Trinajstić information content (AvgIpc) is 2.51. The van der Waals surface area contributed by atoms with Gasteiger partial charge in [0.15, 0.2) is 6.54 Å². The molecule has 5 heteroatoms. The molecule has 0 radical (unpaired) electrons. The first kappa shape index (κ1) is 16.1. The number of halogens is 2. The zero-order chi connectivity index (χ0) is 15.5. The van der Waals surface area contributed by atoms with Crippen LogP contribution in [0.25, 0.3) is 0 Å². The van der Waals surface area contributed by atoms with Crippen LogP contribution in [-0.4, -0.2) is 25.0 Å². The van der Waals surface area contributed by atoms with Gasteiger partial charge in [0.2, 0.25) is 0 Å². The van der Waals surface area contributed by atoms with Crippen molar-refractivity contribution in [3.05, 3.63) is 28.2 Å². The number of quaternary nitrogens is 1. The maximum Gasteiger partial charge on any atom is 0.279 e. The third kappa shape index (κ3) is 3.76. The number of rotatable bonds is 3. The Hall–Kier alpha value is -0.770. The largest absolute Gasteiger partial charge is 0.324 e. The van der Waals surface area contributed by atoms with Crippen LogP contribution in [0.15, 0.2) is 18.2 Å². The molecule has 22 heavy (non-hydrogen) atoms. The van der Waals surface area contributed by atoms with E-state index in [9.17, 15) is 4.79 Å². The van der Waals surface area contributed by atoms with Crippen molar-refractivity contribution in [2.24, 2.45) is 5.92 Å². The minimum Gasteiger partial charge on any atom is -0.324 e. The highest BCUT2D eigenvalue weighted by molar-refractivity contribution is 6.35. The maximum atomic E-state index is 12.4. The number of piperidine rings is 1. The molecule has 1 aliphatic heterocycles. The molecule has 1 unspecified atom stereocenters. The lowest BCUT2D eigenvalue weighted by Crippen LogP contribution is -3.18. The summed E-state index contributed by atoms with van der Waals surface area (Å²) < 4.78 is 0. The van der Waals surface area contributed by atoms with Gasteiger partial charge in [0, 0.05) is 10.9 Å². The second-order valence-electron chi connectivity index (χ2n) is 6.55. The summed E-state index contributed by atoms with van der Waals surface area (Å²) in [4.78, 5) is 13.8. The summed E-state index contributed by atoms with van der Waals surface area (Å²) in [6, 6.07) is 5.81. The minimum atomic E-state index is 0.0328. The molecular weight excluding hydrogens is 319 g/mol. The monoisotopic (exact) mass is 341 g/mol. The van der Waals surface area contributed by atoms with Gasteiger partial charge in [-0.05, 0) is 50.3 Å². The van der Waals surface area contributed by atoms with Gasteiger partial charge in [-0.2, -0.15) is 0 Å². The van der Waals surface area contributed by atoms with Gasteiger partial charge in [-0.1, -0.05) is 29.6 Å². The van der Waals surface area contributed by atoms with Gasteiger partial charge in [0.1, 0.15) is 0 Å². The molecule has 0 aromatic heterocycles. The molecule has 1 aromatic carbocycles. The van der Waals surface area contributed by atoms with Crippen LogP contribution in [0.5, 0.6) is 0 Å². The number of fused-ring (bicyclic) bond motifs is 1. The predicted molar refractivity (Wildman–Crippen MR) is 90.8 cm³/mol. The van der Waals surface area contributed by atoms with Crippen LogP contribution in [0, 0.1) is 5.92 Å². The summed E-state index contributed by atoms with van der Waals surface area (Å²) in [6.45, 7) is 1.64. The summed E-state index contributed by atoms with van der Waals surface area (Å²) in [5, 5.41) is 4.03. The summed E-state index contributed by atoms with van der Waals surface area (Å²) in [6.07, 6.45) is 7.86. The van der Waals surface area contributed by atoms with Crippen LogP contribution in [0.3, 0.4) is 0 Å². The van der Waals surface area contributed by atoms with Crippen molar-refractivity contribution in [3.8, 4) is 0 Å². The van der Waals surface area contributed by atoms with Crippen molar-refractivity contribution in [2.75, 3.05) is 18.4 Å². The molecule has 1 amide bonds. The van der Waals surface area contributed by atoms with Crippen molar-refractivity contribution in [1.82, 2.24) is 0 Å². The van der Waals surface area contributed by atoms with E-state index in [1.165, 1.54) is 43.4 Å². The summed E-state index contributed by atoms with van der Waals surface area (Å²) in [5.74, 6) is 0.852. The first-order valence-electron chi connectivity index (χ1n) is 8.23. The number of nitrogens with one attached hydrogen (secondary N) is 2. The third-order valence-corrected chi connectivity index (χ3v) is 5.66. The fraction of sp³-hybridized carbons (Fsp3) is 0.588. The van der Waals surface area contributed by atoms with Gasteiger partial charge < -0.3 is 10.2 Å². The predicted octanol–water partition coefficient (Wildman–Crippen LogP) is 3.17. The molecule has 3 nitrogen and oxygen atoms in total. The summed E-state index contributed by atoms with van der Waals surface area (Å²) in [7, 11) is 0. The fourth-order valence-corrected chi connectivity index (χ4v) is 4.42. The van der Waals surface area contributed by atoms with Crippen LogP contribution in [0.2, 0.25) is 10.0 Å². The number of benzene rings is 1. The molecule has 1 aliphatic carbocycles. The third-order valence-electron chi connectivity index (χ3n) is 5.10. The van der Waals surface area contributed by atoms with Crippen molar-refractivity contribution < 1.29 is 9.69 Å². The van der Waals surface area contributed by atoms with Crippen molar-refractivity contribution in [3.63, 3.8) is 0 Å². The second-order valence-corrected chi connectivity index (χ2v) is 7.39. The smallest absolute Gasteiger partial charge is 0.279 e. The molecule has 0 bridgehead atoms. The zero-order valence-electron chi connectivity index (χ0n) is 12.7. The van der Waals surface area contributed by atoms with Gasteiger partial charge in [-0.25, -0.2) is 0 Å². The number of hydrogen-bond donors (Lipinski definition) is 2. The minimum absolute atomic E-state index is 0.0328. The van der Waals surface area contributed by atoms with E-state index in [1.54, 1.807) is 18.2 Å². The first-order valence-corrected chi connectivity index (χ1v) is 8.98. The lowest BCUT2D eigenvalue weighted by molar-refractivity contribution is -0.928. The Balaban J connectivity index is 1.62.